The average molecular weight is 652 g/mol. The molecule has 0 atom stereocenters. The topological polar surface area (TPSA) is 126 Å². The summed E-state index contributed by atoms with van der Waals surface area (Å²) in [6.45, 7) is 7.47. The van der Waals surface area contributed by atoms with Crippen LogP contribution in [0.15, 0.2) is 105 Å². The molecule has 2 aromatic heterocycles. The first-order valence-electron chi connectivity index (χ1n) is 14.2. The fourth-order valence-corrected chi connectivity index (χ4v) is 5.16. The van der Waals surface area contributed by atoms with Crippen molar-refractivity contribution in [1.29, 1.82) is 0 Å². The zero-order valence-electron chi connectivity index (χ0n) is 25.3. The van der Waals surface area contributed by atoms with Gasteiger partial charge >= 0.3 is 0 Å². The lowest BCUT2D eigenvalue weighted by Crippen LogP contribution is -1.95. The highest BCUT2D eigenvalue weighted by atomic mass is 35.5. The Kier molecular flexibility index (Phi) is 8.40. The quantitative estimate of drug-likeness (QED) is 0.167. The molecular weight excluding hydrogens is 623 g/mol. The number of azo groups is 2. The Bertz CT molecular complexity index is 1980. The maximum Gasteiger partial charge on any atom is 0.243 e. The Balaban J connectivity index is 1.20. The summed E-state index contributed by atoms with van der Waals surface area (Å²) in [6, 6.07) is 25.9. The number of aromatic nitrogens is 4. The van der Waals surface area contributed by atoms with E-state index < -0.39 is 0 Å². The lowest BCUT2D eigenvalue weighted by Gasteiger charge is -2.06. The first-order valence-corrected chi connectivity index (χ1v) is 15.0. The number of hydrogen-bond acceptors (Lipinski definition) is 8. The van der Waals surface area contributed by atoms with Crippen molar-refractivity contribution in [3.63, 3.8) is 0 Å². The Morgan fingerprint density at radius 2 is 0.891 bits per heavy atom. The van der Waals surface area contributed by atoms with Crippen LogP contribution in [0.5, 0.6) is 11.8 Å². The van der Waals surface area contributed by atoms with Gasteiger partial charge in [0.15, 0.2) is 11.4 Å². The molecule has 0 saturated carbocycles. The molecule has 0 aliphatic rings. The Hall–Kier alpha value is -5.32. The summed E-state index contributed by atoms with van der Waals surface area (Å²) in [7, 11) is 0. The van der Waals surface area contributed by atoms with Gasteiger partial charge < -0.3 is 10.2 Å². The van der Waals surface area contributed by atoms with Crippen LogP contribution < -0.4 is 0 Å². The SMILES string of the molecule is Cc1ccc(-n2nc(C)c(N=Nc3ccc(-c4ccc(N=Nc5c(C)nn(-c6ccc(C)cc6)c5O)c(Cl)c4)cc3Cl)c2O)cc1. The fraction of sp³-hybridized carbons (Fsp3) is 0.118. The number of hydrogen-bond donors (Lipinski definition) is 2. The predicted molar refractivity (Wildman–Crippen MR) is 180 cm³/mol. The minimum Gasteiger partial charge on any atom is -0.492 e. The van der Waals surface area contributed by atoms with Gasteiger partial charge in [-0.15, -0.1) is 20.5 Å². The molecule has 0 spiro atoms. The number of nitrogens with zero attached hydrogens (tertiary/aromatic N) is 8. The van der Waals surface area contributed by atoms with Crippen molar-refractivity contribution in [1.82, 2.24) is 19.6 Å². The van der Waals surface area contributed by atoms with E-state index in [1.807, 2.05) is 74.5 Å². The third-order valence-electron chi connectivity index (χ3n) is 7.31. The van der Waals surface area contributed by atoms with E-state index in [0.717, 1.165) is 22.3 Å². The lowest BCUT2D eigenvalue weighted by molar-refractivity contribution is 0.434. The molecular formula is C34H28Cl2N8O2. The van der Waals surface area contributed by atoms with Crippen LogP contribution in [0.3, 0.4) is 0 Å². The standard InChI is InChI=1S/C34H28Cl2N8O2/c1-19-5-11-25(12-6-19)43-33(45)31(21(3)41-43)39-37-29-15-9-23(17-27(29)35)24-10-16-30(28(36)18-24)38-40-32-22(4)42-44(34(32)46)26-13-7-20(2)8-14-26/h5-18,45-46H,1-4H3. The van der Waals surface area contributed by atoms with Gasteiger partial charge in [0.25, 0.3) is 0 Å². The third-order valence-corrected chi connectivity index (χ3v) is 7.92. The molecule has 0 amide bonds. The Morgan fingerprint density at radius 1 is 0.522 bits per heavy atom. The highest BCUT2D eigenvalue weighted by Crippen LogP contribution is 2.39. The largest absolute Gasteiger partial charge is 0.492 e. The molecule has 6 aromatic rings. The minimum atomic E-state index is -0.116. The van der Waals surface area contributed by atoms with E-state index in [0.29, 0.717) is 44.2 Å². The number of aromatic hydroxyl groups is 2. The second-order valence-corrected chi connectivity index (χ2v) is 11.6. The van der Waals surface area contributed by atoms with Gasteiger partial charge in [-0.25, -0.2) is 0 Å². The first kappa shape index (κ1) is 30.7. The lowest BCUT2D eigenvalue weighted by atomic mass is 10.1. The van der Waals surface area contributed by atoms with Crippen LogP contribution in [-0.4, -0.2) is 29.8 Å². The third kappa shape index (κ3) is 6.13. The Morgan fingerprint density at radius 3 is 1.24 bits per heavy atom. The molecule has 0 unspecified atom stereocenters. The minimum absolute atomic E-state index is 0.116. The summed E-state index contributed by atoms with van der Waals surface area (Å²) in [6.07, 6.45) is 0. The van der Waals surface area contributed by atoms with Crippen LogP contribution in [-0.2, 0) is 0 Å². The summed E-state index contributed by atoms with van der Waals surface area (Å²) < 4.78 is 2.84. The summed E-state index contributed by atoms with van der Waals surface area (Å²) in [5, 5.41) is 48.1. The Labute approximate surface area is 274 Å². The zero-order valence-corrected chi connectivity index (χ0v) is 26.8. The molecule has 6 rings (SSSR count). The second kappa shape index (κ2) is 12.6. The van der Waals surface area contributed by atoms with E-state index in [1.165, 1.54) is 9.36 Å². The average Bonchev–Trinajstić information content (AvgIpc) is 3.49. The van der Waals surface area contributed by atoms with Crippen molar-refractivity contribution in [2.45, 2.75) is 27.7 Å². The van der Waals surface area contributed by atoms with Gasteiger partial charge in [-0.05, 0) is 87.4 Å². The maximum absolute atomic E-state index is 10.8. The van der Waals surface area contributed by atoms with Gasteiger partial charge in [-0.3, -0.25) is 0 Å². The molecule has 0 radical (unpaired) electrons. The summed E-state index contributed by atoms with van der Waals surface area (Å²) >= 11 is 13.2. The van der Waals surface area contributed by atoms with Crippen LogP contribution in [0, 0.1) is 27.7 Å². The van der Waals surface area contributed by atoms with Gasteiger partial charge in [0, 0.05) is 0 Å². The molecule has 2 heterocycles. The van der Waals surface area contributed by atoms with Crippen molar-refractivity contribution in [3.8, 4) is 34.3 Å². The van der Waals surface area contributed by atoms with Crippen molar-refractivity contribution < 1.29 is 10.2 Å². The second-order valence-electron chi connectivity index (χ2n) is 10.7. The molecule has 0 bridgehead atoms. The van der Waals surface area contributed by atoms with Crippen molar-refractivity contribution in [3.05, 3.63) is 117 Å². The highest BCUT2D eigenvalue weighted by molar-refractivity contribution is 6.34. The zero-order chi connectivity index (χ0) is 32.5. The van der Waals surface area contributed by atoms with E-state index in [-0.39, 0.29) is 23.1 Å². The van der Waals surface area contributed by atoms with Crippen molar-refractivity contribution in [2.24, 2.45) is 20.5 Å². The van der Waals surface area contributed by atoms with Gasteiger partial charge in [-0.1, -0.05) is 70.7 Å². The van der Waals surface area contributed by atoms with Crippen LogP contribution in [0.1, 0.15) is 22.5 Å². The van der Waals surface area contributed by atoms with Gasteiger partial charge in [0.2, 0.25) is 11.8 Å². The monoisotopic (exact) mass is 650 g/mol. The molecule has 0 saturated heterocycles. The first-order chi connectivity index (χ1) is 22.1. The van der Waals surface area contributed by atoms with Crippen LogP contribution in [0.4, 0.5) is 22.7 Å². The van der Waals surface area contributed by atoms with E-state index in [1.54, 1.807) is 38.1 Å². The molecule has 46 heavy (non-hydrogen) atoms. The predicted octanol–water partition coefficient (Wildman–Crippen LogP) is 10.5. The molecule has 10 nitrogen and oxygen atoms in total. The van der Waals surface area contributed by atoms with Crippen LogP contribution in [0.2, 0.25) is 10.0 Å². The summed E-state index contributed by atoms with van der Waals surface area (Å²) in [5.41, 5.74) is 7.61. The molecule has 2 N–H and O–H groups in total. The smallest absolute Gasteiger partial charge is 0.243 e. The van der Waals surface area contributed by atoms with E-state index >= 15 is 0 Å². The fourth-order valence-electron chi connectivity index (χ4n) is 4.72. The molecule has 4 aromatic carbocycles. The van der Waals surface area contributed by atoms with Crippen molar-refractivity contribution >= 4 is 46.0 Å². The number of rotatable bonds is 7. The number of halogens is 2. The number of aryl methyl sites for hydroxylation is 4. The summed E-state index contributed by atoms with van der Waals surface area (Å²) in [5.74, 6) is -0.231. The maximum atomic E-state index is 10.8. The van der Waals surface area contributed by atoms with E-state index in [2.05, 4.69) is 30.7 Å². The molecule has 0 aliphatic heterocycles. The van der Waals surface area contributed by atoms with E-state index in [9.17, 15) is 10.2 Å². The van der Waals surface area contributed by atoms with Crippen LogP contribution in [0.25, 0.3) is 22.5 Å². The highest BCUT2D eigenvalue weighted by Gasteiger charge is 2.17. The van der Waals surface area contributed by atoms with Gasteiger partial charge in [0.05, 0.1) is 32.8 Å². The van der Waals surface area contributed by atoms with Gasteiger partial charge in [-0.2, -0.15) is 19.6 Å². The van der Waals surface area contributed by atoms with E-state index in [4.69, 9.17) is 23.2 Å². The normalized spacial score (nSPS) is 11.7. The van der Waals surface area contributed by atoms with Crippen LogP contribution >= 0.6 is 23.2 Å². The summed E-state index contributed by atoms with van der Waals surface area (Å²) in [4.78, 5) is 0. The molecule has 0 aliphatic carbocycles. The number of benzene rings is 4. The molecule has 0 fully saturated rings. The van der Waals surface area contributed by atoms with Crippen molar-refractivity contribution in [2.75, 3.05) is 0 Å². The van der Waals surface area contributed by atoms with Gasteiger partial charge in [0.1, 0.15) is 11.4 Å². The molecule has 12 heteroatoms. The molecule has 230 valence electrons.